The molecule has 2 N–H and O–H groups in total. The summed E-state index contributed by atoms with van der Waals surface area (Å²) in [7, 11) is -2.29. The number of sulfonamides is 1. The second kappa shape index (κ2) is 8.05. The van der Waals surface area contributed by atoms with Gasteiger partial charge >= 0.3 is 0 Å². The van der Waals surface area contributed by atoms with E-state index in [0.717, 1.165) is 0 Å². The van der Waals surface area contributed by atoms with Crippen molar-refractivity contribution in [3.8, 4) is 5.69 Å². The van der Waals surface area contributed by atoms with Crippen LogP contribution in [0.3, 0.4) is 0 Å². The molecule has 156 valence electrons. The predicted molar refractivity (Wildman–Crippen MR) is 109 cm³/mol. The maximum absolute atomic E-state index is 12.9. The van der Waals surface area contributed by atoms with Gasteiger partial charge in [-0.2, -0.15) is 5.10 Å². The van der Waals surface area contributed by atoms with Crippen molar-refractivity contribution < 1.29 is 18.1 Å². The fourth-order valence-electron chi connectivity index (χ4n) is 2.86. The third-order valence-electron chi connectivity index (χ3n) is 4.68. The summed E-state index contributed by atoms with van der Waals surface area (Å²) in [5, 5.41) is 20.4. The first kappa shape index (κ1) is 21.1. The highest BCUT2D eigenvalue weighted by Gasteiger charge is 2.22. The van der Waals surface area contributed by atoms with E-state index < -0.39 is 26.9 Å². The van der Waals surface area contributed by atoms with Gasteiger partial charge in [0, 0.05) is 25.4 Å². The Morgan fingerprint density at radius 2 is 1.90 bits per heavy atom. The SMILES string of the molecule is CC(c1cccc(S(N)(=O)=O)c1)N(C)C(=O)c1ccn(-c2cccc([N+](=O)[O-])c2)n1. The van der Waals surface area contributed by atoms with Crippen LogP contribution in [0, 0.1) is 10.1 Å². The van der Waals surface area contributed by atoms with Crippen LogP contribution in [0.2, 0.25) is 0 Å². The number of nitro benzene ring substituents is 1. The Balaban J connectivity index is 1.84. The van der Waals surface area contributed by atoms with Crippen molar-refractivity contribution in [3.05, 3.63) is 82.2 Å². The Morgan fingerprint density at radius 1 is 1.20 bits per heavy atom. The van der Waals surface area contributed by atoms with E-state index in [-0.39, 0.29) is 16.3 Å². The van der Waals surface area contributed by atoms with Gasteiger partial charge in [-0.1, -0.05) is 18.2 Å². The van der Waals surface area contributed by atoms with Crippen LogP contribution in [0.25, 0.3) is 5.69 Å². The first-order valence-electron chi connectivity index (χ1n) is 8.78. The van der Waals surface area contributed by atoms with E-state index in [0.29, 0.717) is 11.3 Å². The summed E-state index contributed by atoms with van der Waals surface area (Å²) in [5.74, 6) is -0.396. The number of benzene rings is 2. The number of non-ortho nitro benzene ring substituents is 1. The molecule has 0 aliphatic carbocycles. The number of rotatable bonds is 6. The van der Waals surface area contributed by atoms with Gasteiger partial charge in [-0.3, -0.25) is 14.9 Å². The molecule has 30 heavy (non-hydrogen) atoms. The maximum Gasteiger partial charge on any atom is 0.274 e. The number of hydrogen-bond donors (Lipinski definition) is 1. The predicted octanol–water partition coefficient (Wildman–Crippen LogP) is 2.26. The molecule has 10 nitrogen and oxygen atoms in total. The number of carbonyl (C=O) groups is 1. The van der Waals surface area contributed by atoms with Gasteiger partial charge < -0.3 is 4.90 Å². The minimum absolute atomic E-state index is 0.0392. The van der Waals surface area contributed by atoms with Gasteiger partial charge in [-0.15, -0.1) is 0 Å². The van der Waals surface area contributed by atoms with Crippen LogP contribution in [0.4, 0.5) is 5.69 Å². The average Bonchev–Trinajstić information content (AvgIpc) is 3.22. The molecule has 1 unspecified atom stereocenters. The molecule has 0 aliphatic heterocycles. The molecule has 11 heteroatoms. The lowest BCUT2D eigenvalue weighted by atomic mass is 10.1. The summed E-state index contributed by atoms with van der Waals surface area (Å²) in [6, 6.07) is 13.0. The fraction of sp³-hybridized carbons (Fsp3) is 0.158. The number of hydrogen-bond acceptors (Lipinski definition) is 6. The van der Waals surface area contributed by atoms with Gasteiger partial charge in [0.2, 0.25) is 10.0 Å². The van der Waals surface area contributed by atoms with Crippen molar-refractivity contribution in [2.75, 3.05) is 7.05 Å². The quantitative estimate of drug-likeness (QED) is 0.470. The molecule has 3 aromatic rings. The highest BCUT2D eigenvalue weighted by Crippen LogP contribution is 2.23. The zero-order valence-electron chi connectivity index (χ0n) is 16.2. The topological polar surface area (TPSA) is 141 Å². The van der Waals surface area contributed by atoms with Crippen molar-refractivity contribution in [1.82, 2.24) is 14.7 Å². The van der Waals surface area contributed by atoms with Crippen molar-refractivity contribution >= 4 is 21.6 Å². The molecule has 1 atom stereocenters. The molecule has 0 aliphatic rings. The molecule has 2 aromatic carbocycles. The Bertz CT molecular complexity index is 1220. The smallest absolute Gasteiger partial charge is 0.274 e. The summed E-state index contributed by atoms with van der Waals surface area (Å²) in [4.78, 5) is 24.7. The van der Waals surface area contributed by atoms with E-state index >= 15 is 0 Å². The van der Waals surface area contributed by atoms with Crippen molar-refractivity contribution in [2.45, 2.75) is 17.9 Å². The van der Waals surface area contributed by atoms with Gasteiger partial charge in [0.1, 0.15) is 0 Å². The molecule has 0 saturated heterocycles. The number of primary sulfonamides is 1. The lowest BCUT2D eigenvalue weighted by Crippen LogP contribution is -2.30. The number of nitro groups is 1. The van der Waals surface area contributed by atoms with Gasteiger partial charge in [0.25, 0.3) is 11.6 Å². The molecule has 0 fully saturated rings. The zero-order chi connectivity index (χ0) is 22.1. The average molecular weight is 429 g/mol. The lowest BCUT2D eigenvalue weighted by molar-refractivity contribution is -0.384. The highest BCUT2D eigenvalue weighted by molar-refractivity contribution is 7.89. The molecule has 1 amide bonds. The third-order valence-corrected chi connectivity index (χ3v) is 5.59. The second-order valence-electron chi connectivity index (χ2n) is 6.63. The first-order valence-corrected chi connectivity index (χ1v) is 10.3. The Hall–Kier alpha value is -3.57. The summed E-state index contributed by atoms with van der Waals surface area (Å²) < 4.78 is 24.5. The third kappa shape index (κ3) is 4.36. The number of carbonyl (C=O) groups excluding carboxylic acids is 1. The largest absolute Gasteiger partial charge is 0.334 e. The van der Waals surface area contributed by atoms with E-state index in [1.165, 1.54) is 52.2 Å². The van der Waals surface area contributed by atoms with Crippen LogP contribution >= 0.6 is 0 Å². The normalized spacial score (nSPS) is 12.4. The maximum atomic E-state index is 12.9. The molecule has 1 heterocycles. The zero-order valence-corrected chi connectivity index (χ0v) is 17.0. The van der Waals surface area contributed by atoms with E-state index in [1.807, 2.05) is 0 Å². The van der Waals surface area contributed by atoms with Crippen molar-refractivity contribution in [1.29, 1.82) is 0 Å². The van der Waals surface area contributed by atoms with Crippen LogP contribution < -0.4 is 5.14 Å². The van der Waals surface area contributed by atoms with Gasteiger partial charge in [-0.25, -0.2) is 18.2 Å². The van der Waals surface area contributed by atoms with E-state index in [4.69, 9.17) is 5.14 Å². The monoisotopic (exact) mass is 429 g/mol. The number of aromatic nitrogens is 2. The molecular weight excluding hydrogens is 410 g/mol. The van der Waals surface area contributed by atoms with Gasteiger partial charge in [0.15, 0.2) is 5.69 Å². The summed E-state index contributed by atoms with van der Waals surface area (Å²) in [5.41, 5.74) is 1.09. The van der Waals surface area contributed by atoms with Crippen LogP contribution in [-0.4, -0.2) is 41.0 Å². The highest BCUT2D eigenvalue weighted by atomic mass is 32.2. The van der Waals surface area contributed by atoms with Gasteiger partial charge in [-0.05, 0) is 36.8 Å². The van der Waals surface area contributed by atoms with Crippen LogP contribution in [0.5, 0.6) is 0 Å². The Morgan fingerprint density at radius 3 is 2.57 bits per heavy atom. The summed E-state index contributed by atoms with van der Waals surface area (Å²) in [6.07, 6.45) is 1.53. The van der Waals surface area contributed by atoms with Crippen LogP contribution in [0.15, 0.2) is 65.7 Å². The van der Waals surface area contributed by atoms with E-state index in [1.54, 1.807) is 32.2 Å². The molecule has 0 bridgehead atoms. The minimum atomic E-state index is -3.86. The summed E-state index contributed by atoms with van der Waals surface area (Å²) >= 11 is 0. The van der Waals surface area contributed by atoms with Gasteiger partial charge in [0.05, 0.1) is 21.5 Å². The molecule has 0 radical (unpaired) electrons. The first-order chi connectivity index (χ1) is 14.1. The number of amides is 1. The second-order valence-corrected chi connectivity index (χ2v) is 8.19. The summed E-state index contributed by atoms with van der Waals surface area (Å²) in [6.45, 7) is 1.75. The van der Waals surface area contributed by atoms with Crippen LogP contribution in [-0.2, 0) is 10.0 Å². The van der Waals surface area contributed by atoms with E-state index in [2.05, 4.69) is 5.10 Å². The van der Waals surface area contributed by atoms with E-state index in [9.17, 15) is 23.3 Å². The standard InChI is InChI=1S/C19H19N5O5S/c1-13(14-5-3-8-17(11-14)30(20,28)29)22(2)19(25)18-9-10-23(21-18)15-6-4-7-16(12-15)24(26)27/h3-13H,1-2H3,(H2,20,28,29). The molecule has 3 rings (SSSR count). The lowest BCUT2D eigenvalue weighted by Gasteiger charge is -2.25. The molecule has 0 saturated carbocycles. The van der Waals surface area contributed by atoms with Crippen molar-refractivity contribution in [3.63, 3.8) is 0 Å². The van der Waals surface area contributed by atoms with Crippen LogP contribution in [0.1, 0.15) is 29.0 Å². The molecule has 1 aromatic heterocycles. The Labute approximate surface area is 172 Å². The minimum Gasteiger partial charge on any atom is -0.334 e. The number of nitrogens with zero attached hydrogens (tertiary/aromatic N) is 4. The molecule has 0 spiro atoms. The number of nitrogens with two attached hydrogens (primary N) is 1. The van der Waals surface area contributed by atoms with Crippen molar-refractivity contribution in [2.24, 2.45) is 5.14 Å². The molecular formula is C19H19N5O5S. The fourth-order valence-corrected chi connectivity index (χ4v) is 3.43. The Kier molecular flexibility index (Phi) is 5.67.